The molecule has 1 amide bonds. The summed E-state index contributed by atoms with van der Waals surface area (Å²) in [7, 11) is 0. The molecule has 0 aliphatic carbocycles. The van der Waals surface area contributed by atoms with Gasteiger partial charge in [0.25, 0.3) is 0 Å². The summed E-state index contributed by atoms with van der Waals surface area (Å²) < 4.78 is 51.3. The lowest BCUT2D eigenvalue weighted by Gasteiger charge is -2.14. The Morgan fingerprint density at radius 2 is 1.77 bits per heavy atom. The Morgan fingerprint density at radius 3 is 2.45 bits per heavy atom. The Hall–Kier alpha value is -2.57. The first-order chi connectivity index (χ1) is 10.4. The molecule has 0 aromatic heterocycles. The van der Waals surface area contributed by atoms with E-state index in [2.05, 4.69) is 10.6 Å². The molecule has 0 atom stereocenters. The van der Waals surface area contributed by atoms with Crippen LogP contribution in [0.4, 0.5) is 28.9 Å². The molecule has 0 aliphatic heterocycles. The molecule has 0 unspecified atom stereocenters. The van der Waals surface area contributed by atoms with Crippen LogP contribution >= 0.6 is 0 Å². The van der Waals surface area contributed by atoms with Gasteiger partial charge in [-0.15, -0.1) is 0 Å². The first kappa shape index (κ1) is 15.8. The summed E-state index contributed by atoms with van der Waals surface area (Å²) in [5.74, 6) is -1.10. The molecule has 2 rings (SSSR count). The summed E-state index contributed by atoms with van der Waals surface area (Å²) >= 11 is 0. The fraction of sp³-hybridized carbons (Fsp3) is 0.133. The Balaban J connectivity index is 2.00. The maximum absolute atomic E-state index is 13.0. The van der Waals surface area contributed by atoms with Crippen LogP contribution in [0.2, 0.25) is 0 Å². The summed E-state index contributed by atoms with van der Waals surface area (Å²) in [5.41, 5.74) is -0.811. The summed E-state index contributed by atoms with van der Waals surface area (Å²) in [6, 6.07) is 10.1. The molecule has 0 heterocycles. The number of halogens is 4. The van der Waals surface area contributed by atoms with Crippen molar-refractivity contribution in [1.29, 1.82) is 0 Å². The van der Waals surface area contributed by atoms with Crippen molar-refractivity contribution in [3.63, 3.8) is 0 Å². The number of anilines is 2. The van der Waals surface area contributed by atoms with Gasteiger partial charge in [-0.3, -0.25) is 4.79 Å². The van der Waals surface area contributed by atoms with Crippen LogP contribution in [-0.4, -0.2) is 12.5 Å². The van der Waals surface area contributed by atoms with Gasteiger partial charge in [0, 0.05) is 11.4 Å². The molecule has 0 fully saturated rings. The van der Waals surface area contributed by atoms with E-state index in [1.165, 1.54) is 36.4 Å². The smallest absolute Gasteiger partial charge is 0.376 e. The van der Waals surface area contributed by atoms with Gasteiger partial charge in [0.05, 0.1) is 12.1 Å². The van der Waals surface area contributed by atoms with Crippen molar-refractivity contribution in [2.75, 3.05) is 17.2 Å². The lowest BCUT2D eigenvalue weighted by Crippen LogP contribution is -2.23. The highest BCUT2D eigenvalue weighted by molar-refractivity contribution is 5.93. The molecule has 3 nitrogen and oxygen atoms in total. The van der Waals surface area contributed by atoms with Crippen molar-refractivity contribution in [2.24, 2.45) is 0 Å². The molecular formula is C15H12F4N2O. The van der Waals surface area contributed by atoms with Crippen LogP contribution in [-0.2, 0) is 11.0 Å². The van der Waals surface area contributed by atoms with E-state index in [-0.39, 0.29) is 17.9 Å². The van der Waals surface area contributed by atoms with Crippen LogP contribution in [0.15, 0.2) is 48.5 Å². The summed E-state index contributed by atoms with van der Waals surface area (Å²) in [5, 5.41) is 4.82. The number of carbonyl (C=O) groups excluding carboxylic acids is 1. The molecule has 0 spiro atoms. The molecule has 0 aliphatic rings. The topological polar surface area (TPSA) is 41.1 Å². The van der Waals surface area contributed by atoms with Gasteiger partial charge in [-0.25, -0.2) is 4.39 Å². The van der Waals surface area contributed by atoms with Crippen molar-refractivity contribution in [1.82, 2.24) is 0 Å². The van der Waals surface area contributed by atoms with Gasteiger partial charge in [-0.2, -0.15) is 13.2 Å². The number of rotatable bonds is 4. The van der Waals surface area contributed by atoms with Crippen molar-refractivity contribution >= 4 is 17.3 Å². The molecule has 116 valence electrons. The first-order valence-electron chi connectivity index (χ1n) is 6.32. The van der Waals surface area contributed by atoms with E-state index in [1.54, 1.807) is 0 Å². The number of hydrogen-bond donors (Lipinski definition) is 2. The average molecular weight is 312 g/mol. The third kappa shape index (κ3) is 4.21. The normalized spacial score (nSPS) is 11.1. The van der Waals surface area contributed by atoms with Crippen molar-refractivity contribution in [2.45, 2.75) is 6.18 Å². The quantitative estimate of drug-likeness (QED) is 0.841. The molecule has 22 heavy (non-hydrogen) atoms. The van der Waals surface area contributed by atoms with E-state index in [0.29, 0.717) is 0 Å². The highest BCUT2D eigenvalue weighted by Gasteiger charge is 2.33. The Bertz CT molecular complexity index is 671. The minimum atomic E-state index is -4.51. The fourth-order valence-electron chi connectivity index (χ4n) is 1.83. The fourth-order valence-corrected chi connectivity index (χ4v) is 1.83. The van der Waals surface area contributed by atoms with Crippen LogP contribution in [0, 0.1) is 5.82 Å². The number of para-hydroxylation sites is 1. The third-order valence-electron chi connectivity index (χ3n) is 2.78. The van der Waals surface area contributed by atoms with E-state index >= 15 is 0 Å². The summed E-state index contributed by atoms with van der Waals surface area (Å²) in [6.45, 7) is -0.371. The van der Waals surface area contributed by atoms with Gasteiger partial charge in [0.1, 0.15) is 5.82 Å². The molecule has 7 heteroatoms. The lowest BCUT2D eigenvalue weighted by atomic mass is 10.1. The van der Waals surface area contributed by atoms with Gasteiger partial charge < -0.3 is 10.6 Å². The second-order valence-electron chi connectivity index (χ2n) is 4.46. The van der Waals surface area contributed by atoms with E-state index in [9.17, 15) is 22.4 Å². The Labute approximate surface area is 124 Å². The number of alkyl halides is 3. The number of carbonyl (C=O) groups is 1. The van der Waals surface area contributed by atoms with E-state index < -0.39 is 23.5 Å². The average Bonchev–Trinajstić information content (AvgIpc) is 2.44. The zero-order valence-electron chi connectivity index (χ0n) is 11.2. The summed E-state index contributed by atoms with van der Waals surface area (Å²) in [6.07, 6.45) is -4.51. The van der Waals surface area contributed by atoms with Crippen LogP contribution in [0.3, 0.4) is 0 Å². The number of benzene rings is 2. The molecule has 0 radical (unpaired) electrons. The second-order valence-corrected chi connectivity index (χ2v) is 4.46. The van der Waals surface area contributed by atoms with Crippen LogP contribution in [0.25, 0.3) is 0 Å². The number of hydrogen-bond acceptors (Lipinski definition) is 2. The molecule has 2 aromatic rings. The molecular weight excluding hydrogens is 300 g/mol. The molecule has 0 bridgehead atoms. The standard InChI is InChI=1S/C15H12F4N2O/c16-10-4-3-5-11(8-10)21-14(22)9-20-13-7-2-1-6-12(13)15(17,18)19/h1-8,20H,9H2,(H,21,22). The van der Waals surface area contributed by atoms with Crippen LogP contribution in [0.1, 0.15) is 5.56 Å². The van der Waals surface area contributed by atoms with Crippen LogP contribution < -0.4 is 10.6 Å². The molecule has 0 saturated carbocycles. The van der Waals surface area contributed by atoms with E-state index in [1.807, 2.05) is 0 Å². The van der Waals surface area contributed by atoms with Crippen molar-refractivity contribution in [3.8, 4) is 0 Å². The zero-order chi connectivity index (χ0) is 16.2. The van der Waals surface area contributed by atoms with Gasteiger partial charge in [-0.1, -0.05) is 18.2 Å². The minimum Gasteiger partial charge on any atom is -0.376 e. The number of amides is 1. The maximum Gasteiger partial charge on any atom is 0.418 e. The Kier molecular flexibility index (Phi) is 4.65. The largest absolute Gasteiger partial charge is 0.418 e. The predicted octanol–water partition coefficient (Wildman–Crippen LogP) is 3.90. The third-order valence-corrected chi connectivity index (χ3v) is 2.78. The molecule has 2 N–H and O–H groups in total. The SMILES string of the molecule is O=C(CNc1ccccc1C(F)(F)F)Nc1cccc(F)c1. The lowest BCUT2D eigenvalue weighted by molar-refractivity contribution is -0.137. The first-order valence-corrected chi connectivity index (χ1v) is 6.32. The van der Waals surface area contributed by atoms with Crippen molar-refractivity contribution < 1.29 is 22.4 Å². The van der Waals surface area contributed by atoms with Gasteiger partial charge in [-0.05, 0) is 30.3 Å². The van der Waals surface area contributed by atoms with Gasteiger partial charge >= 0.3 is 6.18 Å². The maximum atomic E-state index is 13.0. The zero-order valence-corrected chi connectivity index (χ0v) is 11.2. The molecule has 0 saturated heterocycles. The van der Waals surface area contributed by atoms with Gasteiger partial charge in [0.15, 0.2) is 0 Å². The van der Waals surface area contributed by atoms with E-state index in [0.717, 1.165) is 12.1 Å². The summed E-state index contributed by atoms with van der Waals surface area (Å²) in [4.78, 5) is 11.7. The predicted molar refractivity (Wildman–Crippen MR) is 75.0 cm³/mol. The highest BCUT2D eigenvalue weighted by atomic mass is 19.4. The molecule has 2 aromatic carbocycles. The minimum absolute atomic E-state index is 0.190. The highest BCUT2D eigenvalue weighted by Crippen LogP contribution is 2.34. The van der Waals surface area contributed by atoms with Gasteiger partial charge in [0.2, 0.25) is 5.91 Å². The Morgan fingerprint density at radius 1 is 1.05 bits per heavy atom. The van der Waals surface area contributed by atoms with Crippen LogP contribution in [0.5, 0.6) is 0 Å². The number of nitrogens with one attached hydrogen (secondary N) is 2. The van der Waals surface area contributed by atoms with Crippen molar-refractivity contribution in [3.05, 3.63) is 59.9 Å². The van der Waals surface area contributed by atoms with E-state index in [4.69, 9.17) is 0 Å². The monoisotopic (exact) mass is 312 g/mol. The second kappa shape index (κ2) is 6.46.